The number of methoxy groups -OCH3 is 2. The first-order valence-electron chi connectivity index (χ1n) is 7.46. The quantitative estimate of drug-likeness (QED) is 0.468. The lowest BCUT2D eigenvalue weighted by atomic mass is 10.2. The number of aromatic hydroxyl groups is 1. The SMILES string of the molecule is COc1ccc(-c2n[nH]c(=S)n2/N=C\c2cc(Br)c(O)c(OC)c2)cc1. The van der Waals surface area contributed by atoms with Crippen LogP contribution in [-0.2, 0) is 0 Å². The van der Waals surface area contributed by atoms with E-state index in [1.54, 1.807) is 25.5 Å². The van der Waals surface area contributed by atoms with E-state index in [1.807, 2.05) is 24.3 Å². The van der Waals surface area contributed by atoms with Crippen molar-refractivity contribution < 1.29 is 14.6 Å². The van der Waals surface area contributed by atoms with Crippen molar-refractivity contribution in [3.8, 4) is 28.6 Å². The summed E-state index contributed by atoms with van der Waals surface area (Å²) in [7, 11) is 3.09. The van der Waals surface area contributed by atoms with Crippen LogP contribution < -0.4 is 9.47 Å². The van der Waals surface area contributed by atoms with Crippen molar-refractivity contribution in [1.82, 2.24) is 14.9 Å². The number of ether oxygens (including phenoxy) is 2. The summed E-state index contributed by atoms with van der Waals surface area (Å²) in [6.45, 7) is 0. The van der Waals surface area contributed by atoms with Gasteiger partial charge in [-0.3, -0.25) is 0 Å². The fraction of sp³-hybridized carbons (Fsp3) is 0.118. The van der Waals surface area contributed by atoms with Crippen molar-refractivity contribution in [2.24, 2.45) is 5.10 Å². The van der Waals surface area contributed by atoms with Gasteiger partial charge >= 0.3 is 0 Å². The van der Waals surface area contributed by atoms with E-state index in [2.05, 4.69) is 31.2 Å². The molecule has 3 rings (SSSR count). The third-order valence-corrected chi connectivity index (χ3v) is 4.46. The Kier molecular flexibility index (Phi) is 5.38. The van der Waals surface area contributed by atoms with E-state index in [-0.39, 0.29) is 5.75 Å². The number of benzene rings is 2. The third-order valence-electron chi connectivity index (χ3n) is 3.59. The lowest BCUT2D eigenvalue weighted by molar-refractivity contribution is 0.372. The monoisotopic (exact) mass is 434 g/mol. The van der Waals surface area contributed by atoms with E-state index in [9.17, 15) is 5.11 Å². The molecule has 0 aliphatic carbocycles. The van der Waals surface area contributed by atoms with Crippen molar-refractivity contribution in [2.45, 2.75) is 0 Å². The Bertz CT molecular complexity index is 1010. The third kappa shape index (κ3) is 3.63. The number of halogens is 1. The number of aromatic amines is 1. The van der Waals surface area contributed by atoms with E-state index in [0.717, 1.165) is 16.9 Å². The number of nitrogens with one attached hydrogen (secondary N) is 1. The average molecular weight is 435 g/mol. The fourth-order valence-electron chi connectivity index (χ4n) is 2.27. The Morgan fingerprint density at radius 1 is 1.23 bits per heavy atom. The summed E-state index contributed by atoms with van der Waals surface area (Å²) in [6.07, 6.45) is 1.60. The predicted octanol–water partition coefficient (Wildman–Crippen LogP) is 3.98. The molecule has 134 valence electrons. The van der Waals surface area contributed by atoms with Crippen LogP contribution in [0.4, 0.5) is 0 Å². The van der Waals surface area contributed by atoms with Crippen molar-refractivity contribution in [3.63, 3.8) is 0 Å². The highest BCUT2D eigenvalue weighted by Crippen LogP contribution is 2.34. The molecule has 0 saturated heterocycles. The van der Waals surface area contributed by atoms with Crippen LogP contribution in [0.15, 0.2) is 46.0 Å². The molecule has 1 heterocycles. The second-order valence-electron chi connectivity index (χ2n) is 5.19. The second-order valence-corrected chi connectivity index (χ2v) is 6.43. The topological polar surface area (TPSA) is 84.7 Å². The molecule has 26 heavy (non-hydrogen) atoms. The van der Waals surface area contributed by atoms with Gasteiger partial charge in [-0.2, -0.15) is 14.9 Å². The highest BCUT2D eigenvalue weighted by Gasteiger charge is 2.10. The number of aromatic nitrogens is 3. The zero-order valence-electron chi connectivity index (χ0n) is 13.9. The summed E-state index contributed by atoms with van der Waals surface area (Å²) < 4.78 is 12.7. The molecule has 0 fully saturated rings. The van der Waals surface area contributed by atoms with Gasteiger partial charge < -0.3 is 14.6 Å². The van der Waals surface area contributed by atoms with Crippen molar-refractivity contribution >= 4 is 34.4 Å². The van der Waals surface area contributed by atoms with Crippen LogP contribution >= 0.6 is 28.1 Å². The van der Waals surface area contributed by atoms with Crippen molar-refractivity contribution in [3.05, 3.63) is 51.2 Å². The summed E-state index contributed by atoms with van der Waals surface area (Å²) in [6, 6.07) is 10.8. The van der Waals surface area contributed by atoms with Crippen LogP contribution in [0, 0.1) is 4.77 Å². The minimum Gasteiger partial charge on any atom is -0.503 e. The molecule has 0 saturated carbocycles. The summed E-state index contributed by atoms with van der Waals surface area (Å²) in [4.78, 5) is 0. The molecule has 0 bridgehead atoms. The van der Waals surface area contributed by atoms with E-state index < -0.39 is 0 Å². The van der Waals surface area contributed by atoms with Gasteiger partial charge in [0, 0.05) is 5.56 Å². The Morgan fingerprint density at radius 3 is 2.62 bits per heavy atom. The minimum absolute atomic E-state index is 0.0310. The van der Waals surface area contributed by atoms with Gasteiger partial charge in [0.25, 0.3) is 0 Å². The molecule has 7 nitrogen and oxygen atoms in total. The van der Waals surface area contributed by atoms with Gasteiger partial charge in [-0.15, -0.1) is 0 Å². The lowest BCUT2D eigenvalue weighted by Crippen LogP contribution is -1.96. The smallest absolute Gasteiger partial charge is 0.216 e. The summed E-state index contributed by atoms with van der Waals surface area (Å²) in [5.74, 6) is 1.69. The van der Waals surface area contributed by atoms with Gasteiger partial charge in [-0.25, -0.2) is 5.10 Å². The van der Waals surface area contributed by atoms with E-state index in [0.29, 0.717) is 20.8 Å². The van der Waals surface area contributed by atoms with Crippen molar-refractivity contribution in [2.75, 3.05) is 14.2 Å². The molecule has 2 N–H and O–H groups in total. The highest BCUT2D eigenvalue weighted by atomic mass is 79.9. The Balaban J connectivity index is 1.98. The maximum absolute atomic E-state index is 9.89. The molecule has 0 spiro atoms. The first-order chi connectivity index (χ1) is 12.5. The number of phenols is 1. The standard InChI is InChI=1S/C17H15BrN4O3S/c1-24-12-5-3-11(4-6-12)16-20-21-17(26)22(16)19-9-10-7-13(18)15(23)14(8-10)25-2/h3-9,23H,1-2H3,(H,21,26)/b19-9-. The molecular weight excluding hydrogens is 420 g/mol. The van der Waals surface area contributed by atoms with Crippen LogP contribution in [0.2, 0.25) is 0 Å². The van der Waals surface area contributed by atoms with Gasteiger partial charge in [0.2, 0.25) is 4.77 Å². The molecule has 0 amide bonds. The molecule has 0 radical (unpaired) electrons. The molecule has 0 atom stereocenters. The first kappa shape index (κ1) is 18.2. The van der Waals surface area contributed by atoms with Crippen LogP contribution in [0.1, 0.15) is 5.56 Å². The van der Waals surface area contributed by atoms with E-state index >= 15 is 0 Å². The van der Waals surface area contributed by atoms with Gasteiger partial charge in [-0.05, 0) is 70.1 Å². The number of nitrogens with zero attached hydrogens (tertiary/aromatic N) is 3. The maximum atomic E-state index is 9.89. The summed E-state index contributed by atoms with van der Waals surface area (Å²) >= 11 is 8.55. The fourth-order valence-corrected chi connectivity index (χ4v) is 2.91. The normalized spacial score (nSPS) is 11.0. The van der Waals surface area contributed by atoms with Crippen LogP contribution in [0.25, 0.3) is 11.4 Å². The number of hydrogen-bond donors (Lipinski definition) is 2. The van der Waals surface area contributed by atoms with E-state index in [4.69, 9.17) is 21.7 Å². The predicted molar refractivity (Wildman–Crippen MR) is 105 cm³/mol. The highest BCUT2D eigenvalue weighted by molar-refractivity contribution is 9.10. The lowest BCUT2D eigenvalue weighted by Gasteiger charge is -2.06. The zero-order valence-corrected chi connectivity index (χ0v) is 16.3. The van der Waals surface area contributed by atoms with Gasteiger partial charge in [0.15, 0.2) is 17.3 Å². The molecule has 0 unspecified atom stereocenters. The van der Waals surface area contributed by atoms with Crippen LogP contribution in [-0.4, -0.2) is 40.4 Å². The first-order valence-corrected chi connectivity index (χ1v) is 8.66. The number of phenolic OH excluding ortho intramolecular Hbond substituents is 1. The Labute approximate surface area is 163 Å². The Morgan fingerprint density at radius 2 is 1.96 bits per heavy atom. The molecule has 2 aromatic carbocycles. The van der Waals surface area contributed by atoms with Gasteiger partial charge in [-0.1, -0.05) is 0 Å². The Hall–Kier alpha value is -2.65. The van der Waals surface area contributed by atoms with Gasteiger partial charge in [0.05, 0.1) is 24.9 Å². The molecule has 3 aromatic rings. The largest absolute Gasteiger partial charge is 0.503 e. The molecule has 0 aliphatic heterocycles. The number of rotatable bonds is 5. The molecule has 1 aromatic heterocycles. The van der Waals surface area contributed by atoms with Crippen LogP contribution in [0.5, 0.6) is 17.2 Å². The summed E-state index contributed by atoms with van der Waals surface area (Å²) in [5.41, 5.74) is 1.55. The van der Waals surface area contributed by atoms with Crippen molar-refractivity contribution in [1.29, 1.82) is 0 Å². The van der Waals surface area contributed by atoms with Gasteiger partial charge in [0.1, 0.15) is 5.75 Å². The number of hydrogen-bond acceptors (Lipinski definition) is 6. The maximum Gasteiger partial charge on any atom is 0.216 e. The molecular formula is C17H15BrN4O3S. The van der Waals surface area contributed by atoms with E-state index in [1.165, 1.54) is 11.8 Å². The zero-order chi connectivity index (χ0) is 18.7. The summed E-state index contributed by atoms with van der Waals surface area (Å²) in [5, 5.41) is 21.3. The average Bonchev–Trinajstić information content (AvgIpc) is 3.03. The molecule has 0 aliphatic rings. The molecule has 9 heteroatoms. The minimum atomic E-state index is 0.0310. The second kappa shape index (κ2) is 7.71. The number of H-pyrrole nitrogens is 1. The van der Waals surface area contributed by atoms with Crippen LogP contribution in [0.3, 0.4) is 0 Å².